The minimum absolute atomic E-state index is 0.333. The number of rotatable bonds is 5. The van der Waals surface area contributed by atoms with Crippen molar-refractivity contribution in [1.82, 2.24) is 5.32 Å². The van der Waals surface area contributed by atoms with E-state index in [1.165, 1.54) is 10.5 Å². The number of carbonyl (C=O) groups is 1. The van der Waals surface area contributed by atoms with Gasteiger partial charge in [0.1, 0.15) is 6.61 Å². The van der Waals surface area contributed by atoms with E-state index in [0.29, 0.717) is 18.4 Å². The first-order valence-electron chi connectivity index (χ1n) is 5.63. The molecule has 0 aliphatic carbocycles. The molecular weight excluding hydrogens is 236 g/mol. The SMILES string of the molecule is NC(=O)OCCNCC1Cc2ccccc2S1. The molecule has 5 heteroatoms. The molecule has 0 saturated carbocycles. The molecule has 0 saturated heterocycles. The quantitative estimate of drug-likeness (QED) is 0.777. The zero-order valence-electron chi connectivity index (χ0n) is 9.52. The van der Waals surface area contributed by atoms with Crippen LogP contribution in [0.4, 0.5) is 4.79 Å². The van der Waals surface area contributed by atoms with Crippen molar-refractivity contribution in [1.29, 1.82) is 0 Å². The number of fused-ring (bicyclic) bond motifs is 1. The highest BCUT2D eigenvalue weighted by Crippen LogP contribution is 2.36. The van der Waals surface area contributed by atoms with Crippen LogP contribution in [0, 0.1) is 0 Å². The molecule has 0 spiro atoms. The monoisotopic (exact) mass is 252 g/mol. The Morgan fingerprint density at radius 2 is 2.35 bits per heavy atom. The van der Waals surface area contributed by atoms with Crippen molar-refractivity contribution in [3.05, 3.63) is 29.8 Å². The maximum Gasteiger partial charge on any atom is 0.404 e. The Balaban J connectivity index is 1.65. The van der Waals surface area contributed by atoms with Crippen molar-refractivity contribution < 1.29 is 9.53 Å². The van der Waals surface area contributed by atoms with Crippen LogP contribution in [-0.4, -0.2) is 31.0 Å². The second-order valence-electron chi connectivity index (χ2n) is 3.92. The number of nitrogens with one attached hydrogen (secondary N) is 1. The van der Waals surface area contributed by atoms with Gasteiger partial charge in [-0.3, -0.25) is 0 Å². The zero-order valence-corrected chi connectivity index (χ0v) is 10.3. The first kappa shape index (κ1) is 12.3. The van der Waals surface area contributed by atoms with Gasteiger partial charge in [-0.15, -0.1) is 11.8 Å². The van der Waals surface area contributed by atoms with Crippen molar-refractivity contribution in [3.63, 3.8) is 0 Å². The summed E-state index contributed by atoms with van der Waals surface area (Å²) in [7, 11) is 0. The molecule has 0 fully saturated rings. The van der Waals surface area contributed by atoms with Crippen LogP contribution in [0.5, 0.6) is 0 Å². The van der Waals surface area contributed by atoms with Crippen LogP contribution >= 0.6 is 11.8 Å². The third kappa shape index (κ3) is 3.64. The number of hydrogen-bond donors (Lipinski definition) is 2. The van der Waals surface area contributed by atoms with E-state index in [9.17, 15) is 4.79 Å². The highest BCUT2D eigenvalue weighted by atomic mass is 32.2. The van der Waals surface area contributed by atoms with E-state index in [4.69, 9.17) is 5.73 Å². The fourth-order valence-corrected chi connectivity index (χ4v) is 3.14. The van der Waals surface area contributed by atoms with E-state index in [-0.39, 0.29) is 0 Å². The van der Waals surface area contributed by atoms with Crippen molar-refractivity contribution >= 4 is 17.9 Å². The van der Waals surface area contributed by atoms with E-state index in [0.717, 1.165) is 13.0 Å². The number of carbonyl (C=O) groups excluding carboxylic acids is 1. The maximum absolute atomic E-state index is 10.3. The van der Waals surface area contributed by atoms with Crippen LogP contribution in [0.1, 0.15) is 5.56 Å². The largest absolute Gasteiger partial charge is 0.448 e. The lowest BCUT2D eigenvalue weighted by Crippen LogP contribution is -2.29. The standard InChI is InChI=1S/C12H16N2O2S/c13-12(15)16-6-5-14-8-10-7-9-3-1-2-4-11(9)17-10/h1-4,10,14H,5-8H2,(H2,13,15). The molecule has 2 rings (SSSR count). The van der Waals surface area contributed by atoms with E-state index in [1.54, 1.807) is 0 Å². The molecular formula is C12H16N2O2S. The Morgan fingerprint density at radius 1 is 1.53 bits per heavy atom. The molecule has 1 unspecified atom stereocenters. The van der Waals surface area contributed by atoms with Gasteiger partial charge in [-0.1, -0.05) is 18.2 Å². The normalized spacial score (nSPS) is 17.8. The summed E-state index contributed by atoms with van der Waals surface area (Å²) in [5.74, 6) is 0. The lowest BCUT2D eigenvalue weighted by molar-refractivity contribution is 0.157. The Kier molecular flexibility index (Phi) is 4.28. The predicted octanol–water partition coefficient (Wildman–Crippen LogP) is 1.39. The van der Waals surface area contributed by atoms with Gasteiger partial charge in [0.15, 0.2) is 0 Å². The van der Waals surface area contributed by atoms with Gasteiger partial charge in [0, 0.05) is 23.2 Å². The van der Waals surface area contributed by atoms with Crippen molar-refractivity contribution in [2.24, 2.45) is 5.73 Å². The summed E-state index contributed by atoms with van der Waals surface area (Å²) >= 11 is 1.91. The van der Waals surface area contributed by atoms with E-state index < -0.39 is 6.09 Å². The van der Waals surface area contributed by atoms with Crippen LogP contribution < -0.4 is 11.1 Å². The molecule has 1 atom stereocenters. The lowest BCUT2D eigenvalue weighted by Gasteiger charge is -2.09. The highest BCUT2D eigenvalue weighted by Gasteiger charge is 2.20. The van der Waals surface area contributed by atoms with E-state index in [2.05, 4.69) is 34.3 Å². The molecule has 1 aromatic rings. The van der Waals surface area contributed by atoms with Gasteiger partial charge in [0.25, 0.3) is 0 Å². The molecule has 1 heterocycles. The molecule has 4 nitrogen and oxygen atoms in total. The fraction of sp³-hybridized carbons (Fsp3) is 0.417. The molecule has 1 aliphatic rings. The summed E-state index contributed by atoms with van der Waals surface area (Å²) in [5, 5.41) is 3.83. The van der Waals surface area contributed by atoms with Crippen LogP contribution in [0.2, 0.25) is 0 Å². The first-order valence-corrected chi connectivity index (χ1v) is 6.51. The number of hydrogen-bond acceptors (Lipinski definition) is 4. The smallest absolute Gasteiger partial charge is 0.404 e. The van der Waals surface area contributed by atoms with Crippen LogP contribution in [0.25, 0.3) is 0 Å². The molecule has 1 aromatic carbocycles. The summed E-state index contributed by atoms with van der Waals surface area (Å²) in [6.45, 7) is 1.90. The number of ether oxygens (including phenoxy) is 1. The molecule has 3 N–H and O–H groups in total. The third-order valence-corrected chi connectivity index (χ3v) is 3.93. The summed E-state index contributed by atoms with van der Waals surface area (Å²) in [6.07, 6.45) is 0.388. The number of amides is 1. The molecule has 92 valence electrons. The molecule has 0 radical (unpaired) electrons. The van der Waals surface area contributed by atoms with Crippen molar-refractivity contribution in [2.75, 3.05) is 19.7 Å². The van der Waals surface area contributed by atoms with Gasteiger partial charge in [0.05, 0.1) is 0 Å². The van der Waals surface area contributed by atoms with Gasteiger partial charge in [0.2, 0.25) is 0 Å². The number of primary amides is 1. The molecule has 1 aliphatic heterocycles. The van der Waals surface area contributed by atoms with Gasteiger partial charge >= 0.3 is 6.09 Å². The minimum atomic E-state index is -0.713. The topological polar surface area (TPSA) is 64.4 Å². The lowest BCUT2D eigenvalue weighted by atomic mass is 10.1. The average Bonchev–Trinajstić information content (AvgIpc) is 2.70. The minimum Gasteiger partial charge on any atom is -0.448 e. The predicted molar refractivity (Wildman–Crippen MR) is 68.2 cm³/mol. The van der Waals surface area contributed by atoms with E-state index >= 15 is 0 Å². The average molecular weight is 252 g/mol. The summed E-state index contributed by atoms with van der Waals surface area (Å²) in [6, 6.07) is 8.49. The van der Waals surface area contributed by atoms with Gasteiger partial charge in [-0.2, -0.15) is 0 Å². The van der Waals surface area contributed by atoms with Gasteiger partial charge in [-0.25, -0.2) is 4.79 Å². The van der Waals surface area contributed by atoms with Crippen molar-refractivity contribution in [3.8, 4) is 0 Å². The summed E-state index contributed by atoms with van der Waals surface area (Å²) < 4.78 is 4.64. The second kappa shape index (κ2) is 5.93. The Bertz CT molecular complexity index is 373. The Labute approximate surface area is 105 Å². The number of thioether (sulfide) groups is 1. The van der Waals surface area contributed by atoms with Gasteiger partial charge in [-0.05, 0) is 18.1 Å². The van der Waals surface area contributed by atoms with Crippen LogP contribution in [0.3, 0.4) is 0 Å². The van der Waals surface area contributed by atoms with Crippen molar-refractivity contribution in [2.45, 2.75) is 16.6 Å². The zero-order chi connectivity index (χ0) is 12.1. The molecule has 1 amide bonds. The van der Waals surface area contributed by atoms with Gasteiger partial charge < -0.3 is 15.8 Å². The Morgan fingerprint density at radius 3 is 3.12 bits per heavy atom. The second-order valence-corrected chi connectivity index (χ2v) is 5.27. The van der Waals surface area contributed by atoms with E-state index in [1.807, 2.05) is 11.8 Å². The maximum atomic E-state index is 10.3. The third-order valence-electron chi connectivity index (χ3n) is 2.61. The molecule has 17 heavy (non-hydrogen) atoms. The highest BCUT2D eigenvalue weighted by molar-refractivity contribution is 8.00. The number of nitrogens with two attached hydrogens (primary N) is 1. The number of benzene rings is 1. The molecule has 0 aromatic heterocycles. The molecule has 0 bridgehead atoms. The Hall–Kier alpha value is -1.20. The van der Waals surface area contributed by atoms with Crippen LogP contribution in [-0.2, 0) is 11.2 Å². The first-order chi connectivity index (χ1) is 8.25. The fourth-order valence-electron chi connectivity index (χ4n) is 1.85. The summed E-state index contributed by atoms with van der Waals surface area (Å²) in [4.78, 5) is 11.7. The summed E-state index contributed by atoms with van der Waals surface area (Å²) in [5.41, 5.74) is 6.29. The van der Waals surface area contributed by atoms with Crippen LogP contribution in [0.15, 0.2) is 29.2 Å².